The van der Waals surface area contributed by atoms with Gasteiger partial charge in [-0.3, -0.25) is 19.6 Å². The van der Waals surface area contributed by atoms with Crippen molar-refractivity contribution in [1.82, 2.24) is 19.6 Å². The molecule has 0 radical (unpaired) electrons. The van der Waals surface area contributed by atoms with E-state index in [0.29, 0.717) is 77.7 Å². The van der Waals surface area contributed by atoms with Crippen molar-refractivity contribution in [3.63, 3.8) is 0 Å². The third kappa shape index (κ3) is 11.7. The number of hydrogen-bond acceptors (Lipinski definition) is 20. The van der Waals surface area contributed by atoms with Gasteiger partial charge < -0.3 is 57.2 Å². The minimum absolute atomic E-state index is 0.00459. The molecule has 20 nitrogen and oxygen atoms in total. The molecule has 8 heterocycles. The Labute approximate surface area is 566 Å². The number of esters is 2. The number of aryl methyl sites for hydroxylation is 2. The molecule has 14 rings (SSSR count). The maximum absolute atomic E-state index is 13.3. The van der Waals surface area contributed by atoms with E-state index in [2.05, 4.69) is 92.2 Å². The van der Waals surface area contributed by atoms with Crippen molar-refractivity contribution in [2.75, 3.05) is 75.3 Å². The molecule has 97 heavy (non-hydrogen) atoms. The van der Waals surface area contributed by atoms with Gasteiger partial charge in [-0.05, 0) is 138 Å². The molecular weight excluding hydrogens is 1230 g/mol. The second-order valence-corrected chi connectivity index (χ2v) is 26.1. The smallest absolute Gasteiger partial charge is 0.330 e. The number of benzene rings is 6. The fraction of sp³-hybridized carbons (Fsp3) is 0.403. The van der Waals surface area contributed by atoms with E-state index >= 15 is 0 Å². The van der Waals surface area contributed by atoms with Crippen LogP contribution in [-0.2, 0) is 54.2 Å². The minimum atomic E-state index is -0.584. The topological polar surface area (TPSA) is 216 Å². The van der Waals surface area contributed by atoms with Crippen LogP contribution in [0, 0.1) is 64.2 Å². The molecular formula is C77H82N6O14. The number of nitriles is 2. The van der Waals surface area contributed by atoms with E-state index in [4.69, 9.17) is 52.1 Å². The van der Waals surface area contributed by atoms with Gasteiger partial charge in [-0.2, -0.15) is 10.5 Å². The molecule has 0 saturated carbocycles. The summed E-state index contributed by atoms with van der Waals surface area (Å²) in [6.07, 6.45) is 10.3. The van der Waals surface area contributed by atoms with Gasteiger partial charge in [0.15, 0.2) is 36.6 Å². The van der Waals surface area contributed by atoms with Crippen LogP contribution in [0.3, 0.4) is 0 Å². The van der Waals surface area contributed by atoms with Crippen molar-refractivity contribution < 1.29 is 66.8 Å². The fourth-order valence-electron chi connectivity index (χ4n) is 16.5. The van der Waals surface area contributed by atoms with Gasteiger partial charge in [0.05, 0.1) is 36.3 Å². The first-order valence-electron chi connectivity index (χ1n) is 32.9. The number of fused-ring (bicyclic) bond motifs is 18. The molecule has 20 heteroatoms. The summed E-state index contributed by atoms with van der Waals surface area (Å²) in [7, 11) is 7.40. The maximum Gasteiger partial charge on any atom is 0.330 e. The number of carbonyl (C=O) groups excluding carboxylic acids is 2. The number of ether oxygens (including phenoxy) is 11. The predicted octanol–water partition coefficient (Wildman–Crippen LogP) is 11.0. The van der Waals surface area contributed by atoms with Crippen LogP contribution in [0.2, 0.25) is 0 Å². The number of phenolic OH excluding ortho intramolecular Hbond substituents is 1. The second kappa shape index (κ2) is 27.6. The van der Waals surface area contributed by atoms with Gasteiger partial charge in [0.1, 0.15) is 54.9 Å². The van der Waals surface area contributed by atoms with Gasteiger partial charge >= 0.3 is 11.9 Å². The Hall–Kier alpha value is -9.38. The van der Waals surface area contributed by atoms with E-state index in [1.807, 2.05) is 74.5 Å². The molecule has 0 amide bonds. The van der Waals surface area contributed by atoms with Crippen molar-refractivity contribution in [3.8, 4) is 58.1 Å². The van der Waals surface area contributed by atoms with Gasteiger partial charge in [-0.15, -0.1) is 0 Å². The number of rotatable bonds is 17. The molecule has 0 aliphatic carbocycles. The van der Waals surface area contributed by atoms with Crippen molar-refractivity contribution >= 4 is 24.1 Å². The van der Waals surface area contributed by atoms with Gasteiger partial charge in [0.2, 0.25) is 13.6 Å². The van der Waals surface area contributed by atoms with Crippen molar-refractivity contribution in [2.24, 2.45) is 0 Å². The Morgan fingerprint density at radius 2 is 1.00 bits per heavy atom. The van der Waals surface area contributed by atoms with Crippen LogP contribution >= 0.6 is 0 Å². The summed E-state index contributed by atoms with van der Waals surface area (Å²) in [4.78, 5) is 35.5. The highest BCUT2D eigenvalue weighted by Crippen LogP contribution is 2.60. The van der Waals surface area contributed by atoms with Crippen LogP contribution in [0.4, 0.5) is 0 Å². The summed E-state index contributed by atoms with van der Waals surface area (Å²) < 4.78 is 65.8. The molecule has 6 aromatic carbocycles. The number of piperazine rings is 2. The molecule has 2 fully saturated rings. The normalized spacial score (nSPS) is 23.8. The van der Waals surface area contributed by atoms with Gasteiger partial charge in [-0.25, -0.2) is 9.59 Å². The summed E-state index contributed by atoms with van der Waals surface area (Å²) >= 11 is 0. The molecule has 0 aromatic heterocycles. The third-order valence-corrected chi connectivity index (χ3v) is 21.0. The Balaban J connectivity index is 0.000000175. The third-order valence-electron chi connectivity index (χ3n) is 21.0. The summed E-state index contributed by atoms with van der Waals surface area (Å²) in [6, 6.07) is 25.6. The van der Waals surface area contributed by atoms with Crippen LogP contribution in [0.5, 0.6) is 46.0 Å². The molecule has 2 saturated heterocycles. The molecule has 0 spiro atoms. The summed E-state index contributed by atoms with van der Waals surface area (Å²) in [6.45, 7) is 16.5. The lowest BCUT2D eigenvalue weighted by Gasteiger charge is -2.60. The van der Waals surface area contributed by atoms with E-state index in [0.717, 1.165) is 78.3 Å². The Morgan fingerprint density at radius 1 is 0.567 bits per heavy atom. The van der Waals surface area contributed by atoms with Crippen LogP contribution in [0.1, 0.15) is 113 Å². The number of nitrogens with zero attached hydrogens (tertiary/aromatic N) is 6. The predicted molar refractivity (Wildman–Crippen MR) is 361 cm³/mol. The van der Waals surface area contributed by atoms with Gasteiger partial charge in [0.25, 0.3) is 0 Å². The lowest BCUT2D eigenvalue weighted by atomic mass is 9.71. The quantitative estimate of drug-likeness (QED) is 0.0389. The molecule has 2 unspecified atom stereocenters. The molecule has 8 aliphatic heterocycles. The van der Waals surface area contributed by atoms with Crippen molar-refractivity contribution in [3.05, 3.63) is 187 Å². The van der Waals surface area contributed by atoms with Crippen LogP contribution in [-0.4, -0.2) is 148 Å². The lowest BCUT2D eigenvalue weighted by Crippen LogP contribution is -2.68. The first kappa shape index (κ1) is 66.2. The molecule has 4 bridgehead atoms. The zero-order valence-electron chi connectivity index (χ0n) is 56.5. The number of phenols is 1. The summed E-state index contributed by atoms with van der Waals surface area (Å²) in [5.41, 5.74) is 15.3. The number of aromatic hydroxyl groups is 1. The Morgan fingerprint density at radius 3 is 1.44 bits per heavy atom. The van der Waals surface area contributed by atoms with Crippen LogP contribution in [0.15, 0.2) is 97.6 Å². The number of likely N-dealkylation sites (N-methyl/N-ethyl adjacent to an activating group) is 2. The molecule has 504 valence electrons. The molecule has 1 N–H and O–H groups in total. The zero-order valence-corrected chi connectivity index (χ0v) is 56.5. The average Bonchev–Trinajstić information content (AvgIpc) is 1.15. The van der Waals surface area contributed by atoms with Crippen molar-refractivity contribution in [2.45, 2.75) is 128 Å². The standard InChI is InChI=1S/C40H43N3O7.C37H39N3O7/c1-7-15-46-37-25(4)39-40(50-22-49-39)35-28(37)18-30-36-34-27(16-23(2)24(3)38(34)48-21-45-6)17-29(42(36)5)31(19-41)43(30)32(35)20-47-33(44)14-13-26-11-9-8-10-12-26;1-20-13-24-14-26-28(16-38)40-27(33(39(26)4)31(24)35(21(20)2)45-18-43-5)15-25-32(37-36(46-19-47-37)22(3)34(25)42)29(40)17-44-30(41)12-11-23-9-7-6-8-10-23/h7-14,16,29-32,36H,1,15,17-18,20-22H2,2-6H3;6-13,26-29,33,42H,14-15,17-19H2,1-5H3/b14-13+;12-11+/t29-,30?,31-,32-,36-;26-,27?,28-,29-,33-/m00/s1. The van der Waals surface area contributed by atoms with Gasteiger partial charge in [0, 0.05) is 95.0 Å². The van der Waals surface area contributed by atoms with E-state index in [-0.39, 0.29) is 82.4 Å². The van der Waals surface area contributed by atoms with E-state index in [1.54, 1.807) is 32.4 Å². The molecule has 10 atom stereocenters. The maximum atomic E-state index is 13.3. The summed E-state index contributed by atoms with van der Waals surface area (Å²) in [5.74, 6) is 3.70. The van der Waals surface area contributed by atoms with E-state index in [1.165, 1.54) is 17.7 Å². The monoisotopic (exact) mass is 1310 g/mol. The summed E-state index contributed by atoms with van der Waals surface area (Å²) in [5, 5.41) is 33.5. The van der Waals surface area contributed by atoms with Crippen molar-refractivity contribution in [1.29, 1.82) is 10.5 Å². The SMILES string of the molecule is C=CCOc1c(C)c2c(c3c1CC1[C@H]4c5c(cc(C)c(C)c5OCOC)C[C@@H]([C@H](C#N)N1[C@H]3COC(=O)/C=C/c1ccccc1)N4C)OCO2.COCOc1c(C)c(C)cc2c1[C@@H]1C3Cc4c(O)c(C)c5c(c4[C@H](COC(=O)/C=C/c4ccccc4)N3[C@@H](C#N)[C@H](C2)N1C)OCO5. The Kier molecular flexibility index (Phi) is 18.9. The zero-order chi connectivity index (χ0) is 68.1. The molecule has 6 aromatic rings. The van der Waals surface area contributed by atoms with Crippen LogP contribution < -0.4 is 33.2 Å². The highest BCUT2D eigenvalue weighted by Gasteiger charge is 2.59. The largest absolute Gasteiger partial charge is 0.507 e. The lowest BCUT2D eigenvalue weighted by molar-refractivity contribution is -0.144. The number of methoxy groups -OCH3 is 2. The van der Waals surface area contributed by atoms with E-state index in [9.17, 15) is 25.2 Å². The first-order valence-corrected chi connectivity index (χ1v) is 32.9. The fourth-order valence-corrected chi connectivity index (χ4v) is 16.5. The van der Waals surface area contributed by atoms with E-state index < -0.39 is 36.1 Å². The average molecular weight is 1320 g/mol. The Bertz CT molecular complexity index is 4220. The second-order valence-electron chi connectivity index (χ2n) is 26.1. The molecule has 8 aliphatic rings. The van der Waals surface area contributed by atoms with Gasteiger partial charge in [-0.1, -0.05) is 85.5 Å². The highest BCUT2D eigenvalue weighted by atomic mass is 16.7. The highest BCUT2D eigenvalue weighted by molar-refractivity contribution is 5.88. The number of hydrogen-bond donors (Lipinski definition) is 1. The van der Waals surface area contributed by atoms with Crippen LogP contribution in [0.25, 0.3) is 12.2 Å². The minimum Gasteiger partial charge on any atom is -0.507 e. The first-order chi connectivity index (χ1) is 47.0. The number of carbonyl (C=O) groups is 2.